The topological polar surface area (TPSA) is 54.4 Å². The van der Waals surface area contributed by atoms with Gasteiger partial charge in [-0.05, 0) is 86.7 Å². The molecule has 3 saturated carbocycles. The summed E-state index contributed by atoms with van der Waals surface area (Å²) in [4.78, 5) is 24.0. The van der Waals surface area contributed by atoms with Crippen molar-refractivity contribution in [2.75, 3.05) is 0 Å². The van der Waals surface area contributed by atoms with Crippen LogP contribution in [0.2, 0.25) is 0 Å². The predicted octanol–water partition coefficient (Wildman–Crippen LogP) is 7.92. The number of rotatable bonds is 5. The highest BCUT2D eigenvalue weighted by molar-refractivity contribution is 5.94. The SMILES string of the molecule is CC(=O)c1ccc(C2C[C@@]3(C)[C@@H](CC[C@@]3(O)C(F)(F)C(F)(F)C(F)(F)C(F)(F)F)[C@@H]3CCC4=CC(=O)CC[C@@H]4[C@@H]23)cc1. The molecule has 4 aliphatic rings. The Morgan fingerprint density at radius 3 is 2.07 bits per heavy atom. The van der Waals surface area contributed by atoms with Gasteiger partial charge in [0.25, 0.3) is 0 Å². The average molecular weight is 611 g/mol. The lowest BCUT2D eigenvalue weighted by Gasteiger charge is -2.60. The normalized spacial score (nSPS) is 35.7. The van der Waals surface area contributed by atoms with Crippen molar-refractivity contribution >= 4 is 11.6 Å². The van der Waals surface area contributed by atoms with E-state index in [2.05, 4.69) is 0 Å². The van der Waals surface area contributed by atoms with Crippen LogP contribution >= 0.6 is 0 Å². The third-order valence-electron chi connectivity index (χ3n) is 10.9. The first-order valence-electron chi connectivity index (χ1n) is 14.0. The van der Waals surface area contributed by atoms with Gasteiger partial charge in [-0.3, -0.25) is 9.59 Å². The van der Waals surface area contributed by atoms with E-state index in [9.17, 15) is 45.4 Å². The maximum absolute atomic E-state index is 15.7. The minimum Gasteiger partial charge on any atom is -0.383 e. The molecular formula is C30H31F9O3. The van der Waals surface area contributed by atoms with Crippen molar-refractivity contribution < 1.29 is 54.2 Å². The van der Waals surface area contributed by atoms with Gasteiger partial charge in [-0.25, -0.2) is 0 Å². The predicted molar refractivity (Wildman–Crippen MR) is 133 cm³/mol. The molecule has 0 aromatic heterocycles. The number of carbonyl (C=O) groups is 2. The maximum Gasteiger partial charge on any atom is 0.460 e. The number of benzene rings is 1. The Balaban J connectivity index is 1.63. The second-order valence-corrected chi connectivity index (χ2v) is 12.7. The second kappa shape index (κ2) is 9.56. The molecule has 0 radical (unpaired) electrons. The largest absolute Gasteiger partial charge is 0.460 e. The van der Waals surface area contributed by atoms with Crippen LogP contribution in [0, 0.1) is 29.1 Å². The van der Waals surface area contributed by atoms with Crippen molar-refractivity contribution in [3.63, 3.8) is 0 Å². The third kappa shape index (κ3) is 4.05. The van der Waals surface area contributed by atoms with Crippen LogP contribution in [0.15, 0.2) is 35.9 Å². The number of hydrogen-bond donors (Lipinski definition) is 1. The molecule has 0 amide bonds. The van der Waals surface area contributed by atoms with E-state index in [4.69, 9.17) is 0 Å². The van der Waals surface area contributed by atoms with Crippen LogP contribution in [0.25, 0.3) is 0 Å². The summed E-state index contributed by atoms with van der Waals surface area (Å²) in [6.45, 7) is 2.44. The van der Waals surface area contributed by atoms with Crippen molar-refractivity contribution in [3.05, 3.63) is 47.0 Å². The van der Waals surface area contributed by atoms with Gasteiger partial charge in [-0.2, -0.15) is 39.5 Å². The van der Waals surface area contributed by atoms with Crippen molar-refractivity contribution in [2.45, 2.75) is 94.3 Å². The van der Waals surface area contributed by atoms with Crippen molar-refractivity contribution in [3.8, 4) is 0 Å². The van der Waals surface area contributed by atoms with E-state index in [1.807, 2.05) is 0 Å². The lowest BCUT2D eigenvalue weighted by molar-refractivity contribution is -0.425. The quantitative estimate of drug-likeness (QED) is 0.272. The van der Waals surface area contributed by atoms with Gasteiger partial charge in [0.1, 0.15) is 5.60 Å². The molecule has 232 valence electrons. The fraction of sp³-hybridized carbons (Fsp3) is 0.667. The van der Waals surface area contributed by atoms with Gasteiger partial charge in [0.15, 0.2) is 11.6 Å². The lowest BCUT2D eigenvalue weighted by Crippen LogP contribution is -2.72. The molecule has 0 saturated heterocycles. The fourth-order valence-corrected chi connectivity index (χ4v) is 8.77. The molecular weight excluding hydrogens is 579 g/mol. The third-order valence-corrected chi connectivity index (χ3v) is 10.9. The van der Waals surface area contributed by atoms with Gasteiger partial charge in [-0.1, -0.05) is 36.8 Å². The van der Waals surface area contributed by atoms with Crippen molar-refractivity contribution in [1.82, 2.24) is 0 Å². The zero-order valence-electron chi connectivity index (χ0n) is 22.9. The van der Waals surface area contributed by atoms with E-state index in [0.29, 0.717) is 30.4 Å². The molecule has 1 N–H and O–H groups in total. The number of aliphatic hydroxyl groups is 1. The first kappa shape index (κ1) is 31.1. The van der Waals surface area contributed by atoms with Crippen LogP contribution in [0.1, 0.15) is 80.6 Å². The van der Waals surface area contributed by atoms with Crippen LogP contribution in [0.5, 0.6) is 0 Å². The number of halogens is 9. The summed E-state index contributed by atoms with van der Waals surface area (Å²) in [7, 11) is 0. The molecule has 1 aromatic carbocycles. The summed E-state index contributed by atoms with van der Waals surface area (Å²) >= 11 is 0. The van der Waals surface area contributed by atoms with Crippen LogP contribution in [-0.4, -0.2) is 46.2 Å². The number of Topliss-reactive ketones (excluding diaryl/α,β-unsaturated/α-hetero) is 1. The molecule has 0 bridgehead atoms. The van der Waals surface area contributed by atoms with E-state index in [0.717, 1.165) is 12.5 Å². The van der Waals surface area contributed by atoms with Gasteiger partial charge < -0.3 is 5.11 Å². The average Bonchev–Trinajstić information content (AvgIpc) is 3.18. The highest BCUT2D eigenvalue weighted by Gasteiger charge is 2.88. The van der Waals surface area contributed by atoms with Gasteiger partial charge >= 0.3 is 23.9 Å². The molecule has 5 rings (SSSR count). The zero-order valence-corrected chi connectivity index (χ0v) is 22.9. The van der Waals surface area contributed by atoms with E-state index in [-0.39, 0.29) is 36.2 Å². The van der Waals surface area contributed by atoms with Crippen LogP contribution < -0.4 is 0 Å². The zero-order chi connectivity index (χ0) is 31.3. The molecule has 0 aliphatic heterocycles. The Labute approximate surface area is 236 Å². The second-order valence-electron chi connectivity index (χ2n) is 12.7. The minimum atomic E-state index is -7.11. The highest BCUT2D eigenvalue weighted by atomic mass is 19.4. The Morgan fingerprint density at radius 2 is 1.50 bits per heavy atom. The standard InChI is InChI=1S/C30H31F9O3/c1-15(40)16-3-5-17(6-4-16)22-14-25(2)23(21-9-7-18-13-19(41)8-10-20(18)24(21)22)11-12-26(25,42)27(31,32)28(33,34)29(35,36)30(37,38)39/h3-6,13,20-24,42H,7-12,14H2,1-2H3/t20-,21-,22?,23-,24+,25-,26-/m0/s1. The summed E-state index contributed by atoms with van der Waals surface area (Å²) in [5.74, 6) is -23.0. The first-order chi connectivity index (χ1) is 19.2. The Kier molecular flexibility index (Phi) is 7.07. The van der Waals surface area contributed by atoms with E-state index < -0.39 is 65.6 Å². The highest BCUT2D eigenvalue weighted by Crippen LogP contribution is 2.72. The summed E-state index contributed by atoms with van der Waals surface area (Å²) < 4.78 is 128. The molecule has 0 heterocycles. The number of hydrogen-bond acceptors (Lipinski definition) is 3. The summed E-state index contributed by atoms with van der Waals surface area (Å²) in [5, 5.41) is 11.4. The van der Waals surface area contributed by atoms with Crippen molar-refractivity contribution in [2.24, 2.45) is 29.1 Å². The van der Waals surface area contributed by atoms with Gasteiger partial charge in [0.2, 0.25) is 0 Å². The Bertz CT molecular complexity index is 1300. The van der Waals surface area contributed by atoms with E-state index >= 15 is 8.78 Å². The molecule has 1 unspecified atom stereocenters. The van der Waals surface area contributed by atoms with Gasteiger partial charge in [0, 0.05) is 17.4 Å². The molecule has 3 fully saturated rings. The smallest absolute Gasteiger partial charge is 0.383 e. The fourth-order valence-electron chi connectivity index (χ4n) is 8.77. The number of fused-ring (bicyclic) bond motifs is 5. The van der Waals surface area contributed by atoms with Gasteiger partial charge in [-0.15, -0.1) is 0 Å². The number of carbonyl (C=O) groups excluding carboxylic acids is 2. The molecule has 1 aromatic rings. The Morgan fingerprint density at radius 1 is 0.881 bits per heavy atom. The molecule has 42 heavy (non-hydrogen) atoms. The molecule has 12 heteroatoms. The molecule has 0 spiro atoms. The van der Waals surface area contributed by atoms with Crippen molar-refractivity contribution in [1.29, 1.82) is 0 Å². The summed E-state index contributed by atoms with van der Waals surface area (Å²) in [6.07, 6.45) is -5.69. The number of allylic oxidation sites excluding steroid dienone is 1. The lowest BCUT2D eigenvalue weighted by atomic mass is 9.46. The molecule has 4 aliphatic carbocycles. The van der Waals surface area contributed by atoms with Crippen LogP contribution in [0.3, 0.4) is 0 Å². The summed E-state index contributed by atoms with van der Waals surface area (Å²) in [5.41, 5.74) is -4.28. The Hall–Kier alpha value is -2.37. The van der Waals surface area contributed by atoms with E-state index in [1.54, 1.807) is 18.2 Å². The number of ketones is 2. The molecule has 7 atom stereocenters. The van der Waals surface area contributed by atoms with Crippen LogP contribution in [0.4, 0.5) is 39.5 Å². The first-order valence-corrected chi connectivity index (χ1v) is 14.0. The van der Waals surface area contributed by atoms with E-state index in [1.165, 1.54) is 19.1 Å². The minimum absolute atomic E-state index is 0.0505. The number of alkyl halides is 9. The monoisotopic (exact) mass is 610 g/mol. The molecule has 3 nitrogen and oxygen atoms in total. The maximum atomic E-state index is 15.7. The van der Waals surface area contributed by atoms with Gasteiger partial charge in [0.05, 0.1) is 0 Å². The summed E-state index contributed by atoms with van der Waals surface area (Å²) in [6, 6.07) is 6.20. The van der Waals surface area contributed by atoms with Crippen LogP contribution in [-0.2, 0) is 4.79 Å².